The fourth-order valence-electron chi connectivity index (χ4n) is 5.26. The van der Waals surface area contributed by atoms with Crippen molar-refractivity contribution in [2.24, 2.45) is 11.3 Å². The summed E-state index contributed by atoms with van der Waals surface area (Å²) in [5.41, 5.74) is -0.852. The number of hydrogen-bond donors (Lipinski definition) is 1. The zero-order valence-electron chi connectivity index (χ0n) is 25.1. The summed E-state index contributed by atoms with van der Waals surface area (Å²) in [6.45, 7) is 11.3. The molecule has 3 unspecified atom stereocenters. The molecule has 4 nitrogen and oxygen atoms in total. The van der Waals surface area contributed by atoms with Gasteiger partial charge in [-0.3, -0.25) is 9.59 Å². The minimum absolute atomic E-state index is 0.0562. The molecule has 0 amide bonds. The maximum atomic E-state index is 12.5. The number of ether oxygens (including phenoxy) is 1. The van der Waals surface area contributed by atoms with Crippen LogP contribution in [0.1, 0.15) is 157 Å². The summed E-state index contributed by atoms with van der Waals surface area (Å²) < 4.78 is 5.40. The van der Waals surface area contributed by atoms with Gasteiger partial charge in [0.1, 0.15) is 5.78 Å². The van der Waals surface area contributed by atoms with Gasteiger partial charge in [-0.15, -0.1) is 0 Å². The third kappa shape index (κ3) is 14.4. The lowest BCUT2D eigenvalue weighted by molar-refractivity contribution is -0.143. The molecule has 0 saturated heterocycles. The average Bonchev–Trinajstić information content (AvgIpc) is 3.21. The monoisotopic (exact) mass is 540 g/mol. The van der Waals surface area contributed by atoms with Crippen molar-refractivity contribution >= 4 is 23.5 Å². The summed E-state index contributed by atoms with van der Waals surface area (Å²) in [6.07, 6.45) is 20.4. The maximum Gasteiger partial charge on any atom is 0.305 e. The molecule has 1 rings (SSSR count). The number of rotatable bonds is 23. The van der Waals surface area contributed by atoms with E-state index >= 15 is 0 Å². The van der Waals surface area contributed by atoms with Crippen LogP contribution in [0.15, 0.2) is 0 Å². The second kappa shape index (κ2) is 19.5. The Kier molecular flexibility index (Phi) is 18.2. The zero-order valence-corrected chi connectivity index (χ0v) is 25.9. The Hall–Kier alpha value is -0.550. The van der Waals surface area contributed by atoms with Crippen LogP contribution in [-0.4, -0.2) is 40.1 Å². The normalized spacial score (nSPS) is 19.8. The van der Waals surface area contributed by atoms with Gasteiger partial charge >= 0.3 is 5.97 Å². The van der Waals surface area contributed by atoms with Crippen LogP contribution in [0.2, 0.25) is 0 Å². The van der Waals surface area contributed by atoms with Gasteiger partial charge < -0.3 is 9.84 Å². The Labute approximate surface area is 233 Å². The molecule has 0 spiro atoms. The highest BCUT2D eigenvalue weighted by molar-refractivity contribution is 8.00. The van der Waals surface area contributed by atoms with E-state index < -0.39 is 5.60 Å². The molecule has 0 aromatic rings. The second-order valence-electron chi connectivity index (χ2n) is 12.4. The van der Waals surface area contributed by atoms with Crippen molar-refractivity contribution in [3.8, 4) is 0 Å². The Morgan fingerprint density at radius 2 is 1.49 bits per heavy atom. The van der Waals surface area contributed by atoms with Crippen molar-refractivity contribution in [3.05, 3.63) is 0 Å². The molecule has 37 heavy (non-hydrogen) atoms. The van der Waals surface area contributed by atoms with E-state index in [9.17, 15) is 14.7 Å². The lowest BCUT2D eigenvalue weighted by atomic mass is 9.73. The van der Waals surface area contributed by atoms with E-state index in [0.29, 0.717) is 36.2 Å². The predicted molar refractivity (Wildman–Crippen MR) is 159 cm³/mol. The first-order valence-electron chi connectivity index (χ1n) is 15.7. The number of thioether (sulfide) groups is 1. The van der Waals surface area contributed by atoms with E-state index in [2.05, 4.69) is 27.7 Å². The minimum atomic E-state index is -0.730. The number of unbranched alkanes of at least 4 members (excludes halogenated alkanes) is 11. The van der Waals surface area contributed by atoms with Crippen LogP contribution in [0.4, 0.5) is 0 Å². The molecular weight excluding hydrogens is 480 g/mol. The topological polar surface area (TPSA) is 63.6 Å². The van der Waals surface area contributed by atoms with Crippen LogP contribution in [-0.2, 0) is 14.3 Å². The molecule has 0 aliphatic heterocycles. The lowest BCUT2D eigenvalue weighted by Crippen LogP contribution is -2.44. The van der Waals surface area contributed by atoms with E-state index in [0.717, 1.165) is 70.6 Å². The Morgan fingerprint density at radius 1 is 0.892 bits per heavy atom. The average molecular weight is 541 g/mol. The van der Waals surface area contributed by atoms with Gasteiger partial charge in [0.2, 0.25) is 0 Å². The van der Waals surface area contributed by atoms with Crippen LogP contribution in [0.3, 0.4) is 0 Å². The molecule has 1 saturated carbocycles. The molecule has 5 heteroatoms. The van der Waals surface area contributed by atoms with Crippen LogP contribution >= 0.6 is 11.8 Å². The first-order valence-corrected chi connectivity index (χ1v) is 16.7. The Bertz CT molecular complexity index is 616. The number of aliphatic hydroxyl groups is 1. The largest absolute Gasteiger partial charge is 0.466 e. The quantitative estimate of drug-likeness (QED) is 0.103. The van der Waals surface area contributed by atoms with Gasteiger partial charge in [-0.05, 0) is 44.4 Å². The molecule has 218 valence electrons. The number of hydrogen-bond acceptors (Lipinski definition) is 5. The summed E-state index contributed by atoms with van der Waals surface area (Å²) in [5, 5.41) is 11.5. The Morgan fingerprint density at radius 3 is 2.16 bits per heavy atom. The molecule has 0 heterocycles. The Balaban J connectivity index is 2.15. The molecule has 1 aliphatic carbocycles. The van der Waals surface area contributed by atoms with Crippen molar-refractivity contribution in [2.75, 3.05) is 12.4 Å². The van der Waals surface area contributed by atoms with Crippen molar-refractivity contribution in [3.63, 3.8) is 0 Å². The van der Waals surface area contributed by atoms with Crippen LogP contribution in [0.5, 0.6) is 0 Å². The van der Waals surface area contributed by atoms with Gasteiger partial charge in [-0.2, -0.15) is 11.8 Å². The summed E-state index contributed by atoms with van der Waals surface area (Å²) in [5.74, 6) is 1.18. The number of carbonyl (C=O) groups excluding carboxylic acids is 2. The predicted octanol–water partition coefficient (Wildman–Crippen LogP) is 9.06. The molecule has 0 radical (unpaired) electrons. The molecular formula is C32H60O4S. The van der Waals surface area contributed by atoms with Gasteiger partial charge in [0.15, 0.2) is 0 Å². The maximum absolute atomic E-state index is 12.5. The summed E-state index contributed by atoms with van der Waals surface area (Å²) in [7, 11) is 0. The highest BCUT2D eigenvalue weighted by Gasteiger charge is 2.41. The first-order chi connectivity index (χ1) is 17.6. The van der Waals surface area contributed by atoms with Gasteiger partial charge in [0.25, 0.3) is 0 Å². The van der Waals surface area contributed by atoms with Crippen molar-refractivity contribution < 1.29 is 19.4 Å². The van der Waals surface area contributed by atoms with Gasteiger partial charge in [-0.25, -0.2) is 0 Å². The second-order valence-corrected chi connectivity index (χ2v) is 13.6. The number of carbonyl (C=O) groups is 2. The number of Topliss-reactive ketones (excluding diaryl/α,β-unsaturated/α-hetero) is 1. The van der Waals surface area contributed by atoms with Crippen molar-refractivity contribution in [2.45, 2.75) is 167 Å². The zero-order chi connectivity index (χ0) is 27.6. The molecule has 3 atom stereocenters. The highest BCUT2D eigenvalue weighted by atomic mass is 32.2. The van der Waals surface area contributed by atoms with Crippen LogP contribution in [0, 0.1) is 11.3 Å². The van der Waals surface area contributed by atoms with E-state index in [1.54, 1.807) is 0 Å². The molecule has 0 bridgehead atoms. The third-order valence-corrected chi connectivity index (χ3v) is 10.4. The smallest absolute Gasteiger partial charge is 0.305 e. The summed E-state index contributed by atoms with van der Waals surface area (Å²) in [6, 6.07) is 0. The molecule has 1 N–H and O–H groups in total. The van der Waals surface area contributed by atoms with Crippen molar-refractivity contribution in [1.82, 2.24) is 0 Å². The molecule has 0 aromatic carbocycles. The van der Waals surface area contributed by atoms with Gasteiger partial charge in [-0.1, -0.05) is 105 Å². The highest BCUT2D eigenvalue weighted by Crippen LogP contribution is 2.42. The van der Waals surface area contributed by atoms with Gasteiger partial charge in [0.05, 0.1) is 12.2 Å². The number of ketones is 1. The van der Waals surface area contributed by atoms with Gasteiger partial charge in [0, 0.05) is 29.8 Å². The van der Waals surface area contributed by atoms with Crippen LogP contribution in [0.25, 0.3) is 0 Å². The standard InChI is InChI=1S/C32H60O4S/c1-6-8-10-11-12-13-16-19-25-36-30(34)21-18-15-14-17-20-27-28(33)22-23-29(27)37-26-32(5,35)31(3,4)24-9-7-2/h27,29,35H,6-26H2,1-5H3. The summed E-state index contributed by atoms with van der Waals surface area (Å²) in [4.78, 5) is 24.5. The SMILES string of the molecule is CCCCCCCCCCOC(=O)CCCCCCC1C(=O)CCC1SCC(C)(O)C(C)(C)CCCC. The first kappa shape index (κ1) is 34.5. The van der Waals surface area contributed by atoms with E-state index in [-0.39, 0.29) is 17.3 Å². The number of esters is 1. The summed E-state index contributed by atoms with van der Waals surface area (Å²) >= 11 is 1.82. The molecule has 1 aliphatic rings. The molecule has 0 aromatic heterocycles. The third-order valence-electron chi connectivity index (χ3n) is 8.64. The van der Waals surface area contributed by atoms with E-state index in [1.165, 1.54) is 38.5 Å². The van der Waals surface area contributed by atoms with Crippen molar-refractivity contribution in [1.29, 1.82) is 0 Å². The fourth-order valence-corrected chi connectivity index (χ4v) is 6.99. The minimum Gasteiger partial charge on any atom is -0.466 e. The van der Waals surface area contributed by atoms with Crippen LogP contribution < -0.4 is 0 Å². The molecule has 1 fully saturated rings. The lowest BCUT2D eigenvalue weighted by Gasteiger charge is -2.41. The fraction of sp³-hybridized carbons (Fsp3) is 0.938. The van der Waals surface area contributed by atoms with E-state index in [4.69, 9.17) is 4.74 Å². The van der Waals surface area contributed by atoms with E-state index in [1.807, 2.05) is 18.7 Å².